The van der Waals surface area contributed by atoms with Gasteiger partial charge in [-0.15, -0.1) is 0 Å². The van der Waals surface area contributed by atoms with E-state index in [-0.39, 0.29) is 24.3 Å². The van der Waals surface area contributed by atoms with Crippen LogP contribution in [0.25, 0.3) is 0 Å². The monoisotopic (exact) mass is 470 g/mol. The van der Waals surface area contributed by atoms with E-state index in [0.29, 0.717) is 12.2 Å². The standard InChI is InChI=1S/C30H34N2O3/c1-3-35-30(34)25-17-15-23(16-18-25)21-27(33)31-29(24-12-6-4-7-13-24)28-22(2)11-10-14-26(28)32-19-8-5-9-20-32/h4,6-7,10-18,29H,3,5,8-9,19-21H2,1-2H3,(H,31,33)/t29-/m0/s1. The van der Waals surface area contributed by atoms with Crippen molar-refractivity contribution in [3.05, 3.63) is 101 Å². The number of aryl methyl sites for hydroxylation is 1. The first-order chi connectivity index (χ1) is 17.1. The Morgan fingerprint density at radius 1 is 0.914 bits per heavy atom. The van der Waals surface area contributed by atoms with Gasteiger partial charge in [-0.05, 0) is 68.0 Å². The summed E-state index contributed by atoms with van der Waals surface area (Å²) < 4.78 is 5.05. The second-order valence-corrected chi connectivity index (χ2v) is 9.06. The van der Waals surface area contributed by atoms with E-state index in [1.54, 1.807) is 19.1 Å². The third-order valence-corrected chi connectivity index (χ3v) is 6.55. The summed E-state index contributed by atoms with van der Waals surface area (Å²) in [5.41, 5.74) is 5.93. The van der Waals surface area contributed by atoms with Crippen molar-refractivity contribution in [3.8, 4) is 0 Å². The van der Waals surface area contributed by atoms with Crippen LogP contribution in [0.5, 0.6) is 0 Å². The number of carbonyl (C=O) groups is 2. The van der Waals surface area contributed by atoms with E-state index >= 15 is 0 Å². The van der Waals surface area contributed by atoms with E-state index in [9.17, 15) is 9.59 Å². The molecule has 5 nitrogen and oxygen atoms in total. The smallest absolute Gasteiger partial charge is 0.338 e. The fourth-order valence-electron chi connectivity index (χ4n) is 4.79. The molecule has 0 aliphatic carbocycles. The average Bonchev–Trinajstić information content (AvgIpc) is 2.89. The van der Waals surface area contributed by atoms with E-state index < -0.39 is 0 Å². The number of hydrogen-bond donors (Lipinski definition) is 1. The Balaban J connectivity index is 1.59. The molecule has 182 valence electrons. The Morgan fingerprint density at radius 3 is 2.31 bits per heavy atom. The van der Waals surface area contributed by atoms with Crippen LogP contribution in [-0.4, -0.2) is 31.6 Å². The summed E-state index contributed by atoms with van der Waals surface area (Å²) in [6, 6.07) is 23.4. The van der Waals surface area contributed by atoms with Crippen LogP contribution >= 0.6 is 0 Å². The first-order valence-electron chi connectivity index (χ1n) is 12.5. The number of nitrogens with one attached hydrogen (secondary N) is 1. The second kappa shape index (κ2) is 11.7. The molecule has 4 rings (SSSR count). The molecule has 1 saturated heterocycles. The van der Waals surface area contributed by atoms with Gasteiger partial charge >= 0.3 is 5.97 Å². The number of nitrogens with zero attached hydrogens (tertiary/aromatic N) is 1. The molecule has 1 aliphatic heterocycles. The highest BCUT2D eigenvalue weighted by molar-refractivity contribution is 5.89. The summed E-state index contributed by atoms with van der Waals surface area (Å²) >= 11 is 0. The van der Waals surface area contributed by atoms with Gasteiger partial charge in [-0.2, -0.15) is 0 Å². The van der Waals surface area contributed by atoms with E-state index in [1.165, 1.54) is 30.5 Å². The van der Waals surface area contributed by atoms with Crippen LogP contribution in [0.2, 0.25) is 0 Å². The predicted molar refractivity (Wildman–Crippen MR) is 140 cm³/mol. The molecule has 0 unspecified atom stereocenters. The predicted octanol–water partition coefficient (Wildman–Crippen LogP) is 5.61. The van der Waals surface area contributed by atoms with Gasteiger partial charge < -0.3 is 15.0 Å². The molecule has 3 aromatic rings. The Kier molecular flexibility index (Phi) is 8.19. The number of amides is 1. The van der Waals surface area contributed by atoms with E-state index in [0.717, 1.165) is 29.8 Å². The van der Waals surface area contributed by atoms with Gasteiger partial charge in [0.05, 0.1) is 24.6 Å². The van der Waals surface area contributed by atoms with Gasteiger partial charge in [-0.3, -0.25) is 4.79 Å². The summed E-state index contributed by atoms with van der Waals surface area (Å²) in [6.45, 7) is 6.32. The van der Waals surface area contributed by atoms with Crippen LogP contribution in [0.15, 0.2) is 72.8 Å². The molecule has 1 amide bonds. The van der Waals surface area contributed by atoms with Gasteiger partial charge in [0, 0.05) is 24.3 Å². The summed E-state index contributed by atoms with van der Waals surface area (Å²) in [5, 5.41) is 3.32. The van der Waals surface area contributed by atoms with Crippen molar-refractivity contribution in [3.63, 3.8) is 0 Å². The van der Waals surface area contributed by atoms with Crippen molar-refractivity contribution in [1.82, 2.24) is 5.32 Å². The lowest BCUT2D eigenvalue weighted by Crippen LogP contribution is -2.35. The summed E-state index contributed by atoms with van der Waals surface area (Å²) in [6.07, 6.45) is 3.89. The topological polar surface area (TPSA) is 58.6 Å². The molecular weight excluding hydrogens is 436 g/mol. The Hall–Kier alpha value is -3.60. The molecule has 1 heterocycles. The van der Waals surface area contributed by atoms with Crippen LogP contribution in [0.3, 0.4) is 0 Å². The van der Waals surface area contributed by atoms with E-state index in [2.05, 4.69) is 47.5 Å². The van der Waals surface area contributed by atoms with E-state index in [4.69, 9.17) is 4.74 Å². The molecule has 1 aliphatic rings. The lowest BCUT2D eigenvalue weighted by molar-refractivity contribution is -0.120. The third-order valence-electron chi connectivity index (χ3n) is 6.55. The zero-order valence-electron chi connectivity index (χ0n) is 20.6. The second-order valence-electron chi connectivity index (χ2n) is 9.06. The minimum absolute atomic E-state index is 0.0596. The van der Waals surface area contributed by atoms with Crippen LogP contribution in [-0.2, 0) is 16.0 Å². The van der Waals surface area contributed by atoms with Crippen molar-refractivity contribution in [2.75, 3.05) is 24.6 Å². The van der Waals surface area contributed by atoms with Gasteiger partial charge in [-0.25, -0.2) is 4.79 Å². The van der Waals surface area contributed by atoms with Crippen LogP contribution < -0.4 is 10.2 Å². The highest BCUT2D eigenvalue weighted by Crippen LogP contribution is 2.35. The highest BCUT2D eigenvalue weighted by Gasteiger charge is 2.25. The normalized spacial score (nSPS) is 14.3. The number of piperidine rings is 1. The van der Waals surface area contributed by atoms with Crippen LogP contribution in [0.4, 0.5) is 5.69 Å². The molecule has 0 aromatic heterocycles. The molecule has 1 atom stereocenters. The lowest BCUT2D eigenvalue weighted by atomic mass is 9.91. The highest BCUT2D eigenvalue weighted by atomic mass is 16.5. The number of hydrogen-bond acceptors (Lipinski definition) is 4. The number of rotatable bonds is 8. The molecule has 1 N–H and O–H groups in total. The fraction of sp³-hybridized carbons (Fsp3) is 0.333. The molecule has 5 heteroatoms. The molecule has 1 fully saturated rings. The van der Waals surface area contributed by atoms with Gasteiger partial charge in [-0.1, -0.05) is 54.6 Å². The van der Waals surface area contributed by atoms with Gasteiger partial charge in [0.25, 0.3) is 0 Å². The van der Waals surface area contributed by atoms with Crippen molar-refractivity contribution in [2.24, 2.45) is 0 Å². The maximum absolute atomic E-state index is 13.3. The third kappa shape index (κ3) is 6.10. The first-order valence-corrected chi connectivity index (χ1v) is 12.5. The average molecular weight is 471 g/mol. The van der Waals surface area contributed by atoms with E-state index in [1.807, 2.05) is 30.3 Å². The number of benzene rings is 3. The van der Waals surface area contributed by atoms with Crippen molar-refractivity contribution < 1.29 is 14.3 Å². The van der Waals surface area contributed by atoms with Gasteiger partial charge in [0.2, 0.25) is 5.91 Å². The minimum atomic E-state index is -0.350. The zero-order chi connectivity index (χ0) is 24.6. The SMILES string of the molecule is CCOC(=O)c1ccc(CC(=O)N[C@@H](c2ccccc2)c2c(C)cccc2N2CCCCC2)cc1. The summed E-state index contributed by atoms with van der Waals surface area (Å²) in [5.74, 6) is -0.409. The zero-order valence-corrected chi connectivity index (χ0v) is 20.6. The Labute approximate surface area is 208 Å². The molecule has 0 bridgehead atoms. The first kappa shape index (κ1) is 24.5. The van der Waals surface area contributed by atoms with Gasteiger partial charge in [0.1, 0.15) is 0 Å². The van der Waals surface area contributed by atoms with Crippen LogP contribution in [0.1, 0.15) is 64.8 Å². The molecule has 35 heavy (non-hydrogen) atoms. The molecule has 0 spiro atoms. The Morgan fingerprint density at radius 2 is 1.63 bits per heavy atom. The van der Waals surface area contributed by atoms with Crippen molar-refractivity contribution in [1.29, 1.82) is 0 Å². The Bertz CT molecular complexity index is 1140. The number of anilines is 1. The van der Waals surface area contributed by atoms with Gasteiger partial charge in [0.15, 0.2) is 0 Å². The number of ether oxygens (including phenoxy) is 1. The largest absolute Gasteiger partial charge is 0.462 e. The number of esters is 1. The quantitative estimate of drug-likeness (QED) is 0.435. The molecule has 0 saturated carbocycles. The van der Waals surface area contributed by atoms with Crippen LogP contribution in [0, 0.1) is 6.92 Å². The molecule has 3 aromatic carbocycles. The van der Waals surface area contributed by atoms with Crippen molar-refractivity contribution >= 4 is 17.6 Å². The van der Waals surface area contributed by atoms with Crippen molar-refractivity contribution in [2.45, 2.75) is 45.6 Å². The maximum Gasteiger partial charge on any atom is 0.338 e. The molecule has 0 radical (unpaired) electrons. The molecular formula is C30H34N2O3. The summed E-state index contributed by atoms with van der Waals surface area (Å²) in [7, 11) is 0. The fourth-order valence-corrected chi connectivity index (χ4v) is 4.79. The maximum atomic E-state index is 13.3. The minimum Gasteiger partial charge on any atom is -0.462 e. The summed E-state index contributed by atoms with van der Waals surface area (Å²) in [4.78, 5) is 27.7. The lowest BCUT2D eigenvalue weighted by Gasteiger charge is -2.34. The number of carbonyl (C=O) groups excluding carboxylic acids is 2.